The second-order valence-electron chi connectivity index (χ2n) is 5.32. The Morgan fingerprint density at radius 1 is 1.33 bits per heavy atom. The number of anilines is 1. The van der Waals surface area contributed by atoms with E-state index < -0.39 is 5.91 Å². The van der Waals surface area contributed by atoms with Gasteiger partial charge in [0.05, 0.1) is 23.6 Å². The molecule has 0 radical (unpaired) electrons. The van der Waals surface area contributed by atoms with E-state index in [0.29, 0.717) is 16.9 Å². The molecule has 0 unspecified atom stereocenters. The van der Waals surface area contributed by atoms with Crippen LogP contribution in [-0.2, 0) is 16.6 Å². The third-order valence-corrected chi connectivity index (χ3v) is 3.47. The van der Waals surface area contributed by atoms with Crippen molar-refractivity contribution >= 4 is 23.6 Å². The molecule has 1 aromatic heterocycles. The van der Waals surface area contributed by atoms with Crippen LogP contribution >= 0.6 is 0 Å². The number of halogens is 1. The molecule has 2 amide bonds. The molecule has 0 saturated heterocycles. The van der Waals surface area contributed by atoms with Gasteiger partial charge in [-0.2, -0.15) is 5.10 Å². The molecule has 0 aliphatic carbocycles. The number of aromatic nitrogens is 2. The molecule has 2 rings (SSSR count). The highest BCUT2D eigenvalue weighted by Gasteiger charge is 2.12. The van der Waals surface area contributed by atoms with Crippen molar-refractivity contribution in [2.45, 2.75) is 13.8 Å². The van der Waals surface area contributed by atoms with Crippen LogP contribution in [0.3, 0.4) is 0 Å². The maximum absolute atomic E-state index is 13.0. The Morgan fingerprint density at radius 3 is 2.71 bits per heavy atom. The van der Waals surface area contributed by atoms with Crippen molar-refractivity contribution in [3.8, 4) is 0 Å². The Kier molecular flexibility index (Phi) is 5.47. The zero-order valence-corrected chi connectivity index (χ0v) is 13.8. The molecule has 7 heteroatoms. The number of carbonyl (C=O) groups excluding carboxylic acids is 2. The van der Waals surface area contributed by atoms with Gasteiger partial charge in [-0.25, -0.2) is 4.39 Å². The molecule has 24 heavy (non-hydrogen) atoms. The summed E-state index contributed by atoms with van der Waals surface area (Å²) < 4.78 is 14.7. The maximum atomic E-state index is 13.0. The first-order valence-electron chi connectivity index (χ1n) is 7.38. The zero-order chi connectivity index (χ0) is 17.7. The van der Waals surface area contributed by atoms with Crippen molar-refractivity contribution in [1.82, 2.24) is 15.1 Å². The highest BCUT2D eigenvalue weighted by atomic mass is 19.1. The van der Waals surface area contributed by atoms with Crippen LogP contribution in [0.5, 0.6) is 0 Å². The van der Waals surface area contributed by atoms with E-state index in [9.17, 15) is 14.0 Å². The molecule has 0 bridgehead atoms. The number of rotatable bonds is 5. The minimum Gasteiger partial charge on any atom is -0.343 e. The first-order chi connectivity index (χ1) is 11.4. The summed E-state index contributed by atoms with van der Waals surface area (Å²) in [4.78, 5) is 23.6. The van der Waals surface area contributed by atoms with Crippen molar-refractivity contribution in [3.63, 3.8) is 0 Å². The van der Waals surface area contributed by atoms with E-state index in [1.54, 1.807) is 30.8 Å². The van der Waals surface area contributed by atoms with Crippen LogP contribution in [0.25, 0.3) is 6.08 Å². The zero-order valence-electron chi connectivity index (χ0n) is 13.8. The molecule has 2 aromatic rings. The predicted octanol–water partition coefficient (Wildman–Crippen LogP) is 1.94. The third-order valence-electron chi connectivity index (χ3n) is 3.47. The smallest absolute Gasteiger partial charge is 0.244 e. The molecule has 0 fully saturated rings. The fraction of sp³-hybridized carbons (Fsp3) is 0.235. The van der Waals surface area contributed by atoms with Gasteiger partial charge in [0.25, 0.3) is 0 Å². The fourth-order valence-corrected chi connectivity index (χ4v) is 2.15. The topological polar surface area (TPSA) is 76.0 Å². The Labute approximate surface area is 139 Å². The highest BCUT2D eigenvalue weighted by molar-refractivity contribution is 5.98. The summed E-state index contributed by atoms with van der Waals surface area (Å²) in [6.07, 6.45) is 2.73. The van der Waals surface area contributed by atoms with Gasteiger partial charge in [-0.3, -0.25) is 14.3 Å². The Morgan fingerprint density at radius 2 is 2.08 bits per heavy atom. The van der Waals surface area contributed by atoms with Gasteiger partial charge in [0.2, 0.25) is 11.8 Å². The van der Waals surface area contributed by atoms with Gasteiger partial charge < -0.3 is 10.6 Å². The monoisotopic (exact) mass is 330 g/mol. The van der Waals surface area contributed by atoms with E-state index in [0.717, 1.165) is 5.69 Å². The standard InChI is InChI=1S/C17H19FN4O2/c1-11-17(12(2)22(3)21-11)20-16(24)10-19-15(23)8-7-13-5-4-6-14(18)9-13/h4-9H,10H2,1-3H3,(H,19,23)(H,20,24)/b8-7+. The van der Waals surface area contributed by atoms with E-state index in [1.165, 1.54) is 24.3 Å². The summed E-state index contributed by atoms with van der Waals surface area (Å²) in [7, 11) is 1.79. The largest absolute Gasteiger partial charge is 0.343 e. The average Bonchev–Trinajstić information content (AvgIpc) is 2.77. The second-order valence-corrected chi connectivity index (χ2v) is 5.32. The number of nitrogens with zero attached hydrogens (tertiary/aromatic N) is 2. The van der Waals surface area contributed by atoms with E-state index in [1.807, 2.05) is 6.92 Å². The number of hydrogen-bond acceptors (Lipinski definition) is 3. The number of benzene rings is 1. The molecule has 6 nitrogen and oxygen atoms in total. The van der Waals surface area contributed by atoms with Crippen LogP contribution in [0.1, 0.15) is 17.0 Å². The lowest BCUT2D eigenvalue weighted by Gasteiger charge is -2.06. The highest BCUT2D eigenvalue weighted by Crippen LogP contribution is 2.17. The van der Waals surface area contributed by atoms with Gasteiger partial charge in [0.15, 0.2) is 0 Å². The summed E-state index contributed by atoms with van der Waals surface area (Å²) in [5, 5.41) is 9.40. The quantitative estimate of drug-likeness (QED) is 0.823. The molecular formula is C17H19FN4O2. The van der Waals surface area contributed by atoms with Crippen LogP contribution in [0.4, 0.5) is 10.1 Å². The molecule has 0 spiro atoms. The van der Waals surface area contributed by atoms with Gasteiger partial charge in [-0.15, -0.1) is 0 Å². The van der Waals surface area contributed by atoms with Crippen molar-refractivity contribution in [2.24, 2.45) is 7.05 Å². The molecule has 0 atom stereocenters. The van der Waals surface area contributed by atoms with Gasteiger partial charge in [0, 0.05) is 13.1 Å². The van der Waals surface area contributed by atoms with Crippen molar-refractivity contribution < 1.29 is 14.0 Å². The molecule has 0 saturated carbocycles. The van der Waals surface area contributed by atoms with Gasteiger partial charge in [-0.05, 0) is 37.6 Å². The summed E-state index contributed by atoms with van der Waals surface area (Å²) in [5.41, 5.74) is 2.75. The van der Waals surface area contributed by atoms with Crippen LogP contribution in [0.15, 0.2) is 30.3 Å². The predicted molar refractivity (Wildman–Crippen MR) is 89.8 cm³/mol. The minimum atomic E-state index is -0.436. The maximum Gasteiger partial charge on any atom is 0.244 e. The Balaban J connectivity index is 1.86. The summed E-state index contributed by atoms with van der Waals surface area (Å²) >= 11 is 0. The number of amides is 2. The lowest BCUT2D eigenvalue weighted by atomic mass is 10.2. The number of hydrogen-bond donors (Lipinski definition) is 2. The van der Waals surface area contributed by atoms with Gasteiger partial charge in [0.1, 0.15) is 5.82 Å². The minimum absolute atomic E-state index is 0.167. The number of aryl methyl sites for hydroxylation is 2. The van der Waals surface area contributed by atoms with Crippen molar-refractivity contribution in [3.05, 3.63) is 53.1 Å². The van der Waals surface area contributed by atoms with Crippen LogP contribution in [-0.4, -0.2) is 28.1 Å². The normalized spacial score (nSPS) is 10.8. The Hall–Kier alpha value is -2.96. The second kappa shape index (κ2) is 7.54. The lowest BCUT2D eigenvalue weighted by molar-refractivity contribution is -0.121. The first kappa shape index (κ1) is 17.4. The molecule has 1 heterocycles. The summed E-state index contributed by atoms with van der Waals surface area (Å²) in [5.74, 6) is -1.16. The molecule has 0 aliphatic rings. The molecule has 126 valence electrons. The van der Waals surface area contributed by atoms with E-state index in [4.69, 9.17) is 0 Å². The molecule has 1 aromatic carbocycles. The lowest BCUT2D eigenvalue weighted by Crippen LogP contribution is -2.31. The van der Waals surface area contributed by atoms with Gasteiger partial charge >= 0.3 is 0 Å². The van der Waals surface area contributed by atoms with Crippen molar-refractivity contribution in [1.29, 1.82) is 0 Å². The average molecular weight is 330 g/mol. The SMILES string of the molecule is Cc1nn(C)c(C)c1NC(=O)CNC(=O)/C=C/c1cccc(F)c1. The number of nitrogens with one attached hydrogen (secondary N) is 2. The molecule has 2 N–H and O–H groups in total. The van der Waals surface area contributed by atoms with Crippen molar-refractivity contribution in [2.75, 3.05) is 11.9 Å². The van der Waals surface area contributed by atoms with E-state index in [-0.39, 0.29) is 18.3 Å². The Bertz CT molecular complexity index is 796. The van der Waals surface area contributed by atoms with E-state index in [2.05, 4.69) is 15.7 Å². The van der Waals surface area contributed by atoms with Crippen LogP contribution in [0, 0.1) is 19.7 Å². The fourth-order valence-electron chi connectivity index (χ4n) is 2.15. The molecule has 0 aliphatic heterocycles. The number of carbonyl (C=O) groups is 2. The van der Waals surface area contributed by atoms with Gasteiger partial charge in [-0.1, -0.05) is 12.1 Å². The van der Waals surface area contributed by atoms with Crippen LogP contribution in [0.2, 0.25) is 0 Å². The third kappa shape index (κ3) is 4.52. The molecular weight excluding hydrogens is 311 g/mol. The summed E-state index contributed by atoms with van der Waals surface area (Å²) in [6.45, 7) is 3.47. The first-order valence-corrected chi connectivity index (χ1v) is 7.38. The summed E-state index contributed by atoms with van der Waals surface area (Å²) in [6, 6.07) is 5.86. The van der Waals surface area contributed by atoms with E-state index >= 15 is 0 Å². The van der Waals surface area contributed by atoms with Crippen LogP contribution < -0.4 is 10.6 Å².